The minimum atomic E-state index is -0.0482. The Morgan fingerprint density at radius 1 is 1.44 bits per heavy atom. The summed E-state index contributed by atoms with van der Waals surface area (Å²) in [6, 6.07) is 3.40. The van der Waals surface area contributed by atoms with E-state index in [1.807, 2.05) is 11.8 Å². The normalized spacial score (nSPS) is 28.6. The smallest absolute Gasteiger partial charge is 0.117 e. The summed E-state index contributed by atoms with van der Waals surface area (Å²) in [7, 11) is 0. The number of hydrogen-bond donors (Lipinski definition) is 1. The third kappa shape index (κ3) is 3.97. The lowest BCUT2D eigenvalue weighted by atomic mass is 10.00. The van der Waals surface area contributed by atoms with Crippen LogP contribution in [0.15, 0.2) is 0 Å². The number of rotatable bonds is 5. The molecule has 4 heteroatoms. The van der Waals surface area contributed by atoms with Gasteiger partial charge in [-0.1, -0.05) is 13.3 Å². The Morgan fingerprint density at radius 3 is 2.56 bits per heavy atom. The first kappa shape index (κ1) is 13.8. The topological polar surface area (TPSA) is 39.1 Å². The lowest BCUT2D eigenvalue weighted by Crippen LogP contribution is -2.55. The van der Waals surface area contributed by atoms with Crippen LogP contribution < -0.4 is 5.43 Å². The van der Waals surface area contributed by atoms with Crippen molar-refractivity contribution >= 4 is 11.8 Å². The van der Waals surface area contributed by atoms with Gasteiger partial charge in [-0.3, -0.25) is 0 Å². The van der Waals surface area contributed by atoms with Gasteiger partial charge < -0.3 is 0 Å². The van der Waals surface area contributed by atoms with Gasteiger partial charge in [-0.25, -0.2) is 10.4 Å². The van der Waals surface area contributed by atoms with Gasteiger partial charge in [0.15, 0.2) is 0 Å². The van der Waals surface area contributed by atoms with E-state index < -0.39 is 0 Å². The van der Waals surface area contributed by atoms with Crippen LogP contribution in [0.4, 0.5) is 0 Å². The molecule has 0 spiro atoms. The zero-order valence-electron chi connectivity index (χ0n) is 10.6. The van der Waals surface area contributed by atoms with E-state index in [9.17, 15) is 0 Å². The van der Waals surface area contributed by atoms with Crippen LogP contribution in [0.5, 0.6) is 0 Å². The van der Waals surface area contributed by atoms with Gasteiger partial charge in [0, 0.05) is 17.8 Å². The average molecular weight is 241 g/mol. The maximum atomic E-state index is 9.10. The number of nitrogens with one attached hydrogen (secondary N) is 1. The van der Waals surface area contributed by atoms with Crippen LogP contribution >= 0.6 is 11.8 Å². The van der Waals surface area contributed by atoms with Gasteiger partial charge in [0.1, 0.15) is 6.04 Å². The van der Waals surface area contributed by atoms with Crippen LogP contribution in [0.2, 0.25) is 0 Å². The number of piperidine rings is 1. The molecule has 0 amide bonds. The Balaban J connectivity index is 2.45. The predicted molar refractivity (Wildman–Crippen MR) is 70.1 cm³/mol. The lowest BCUT2D eigenvalue weighted by Gasteiger charge is -2.40. The molecule has 1 saturated heterocycles. The summed E-state index contributed by atoms with van der Waals surface area (Å²) >= 11 is 1.82. The minimum absolute atomic E-state index is 0.0482. The summed E-state index contributed by atoms with van der Waals surface area (Å²) in [5, 5.41) is 11.4. The van der Waals surface area contributed by atoms with Crippen molar-refractivity contribution in [2.75, 3.05) is 11.5 Å². The highest BCUT2D eigenvalue weighted by atomic mass is 32.2. The highest BCUT2D eigenvalue weighted by molar-refractivity contribution is 7.99. The molecule has 3 unspecified atom stereocenters. The highest BCUT2D eigenvalue weighted by Gasteiger charge is 2.26. The Labute approximate surface area is 104 Å². The van der Waals surface area contributed by atoms with Gasteiger partial charge >= 0.3 is 0 Å². The van der Waals surface area contributed by atoms with E-state index in [1.54, 1.807) is 0 Å². The fourth-order valence-electron chi connectivity index (χ4n) is 2.19. The molecule has 0 aromatic heterocycles. The monoisotopic (exact) mass is 241 g/mol. The summed E-state index contributed by atoms with van der Waals surface area (Å²) < 4.78 is 0. The molecule has 3 atom stereocenters. The Kier molecular flexibility index (Phi) is 6.18. The number of hydrogen-bond acceptors (Lipinski definition) is 4. The standard InChI is InChI=1S/C12H23N3S/c1-4-16-9-12(8-13)14-15-10(2)6-5-7-11(15)3/h10-12,14H,4-7,9H2,1-3H3. The molecule has 0 saturated carbocycles. The first-order valence-corrected chi connectivity index (χ1v) is 7.36. The Bertz CT molecular complexity index is 229. The molecule has 0 aromatic rings. The van der Waals surface area contributed by atoms with Gasteiger partial charge in [-0.15, -0.1) is 0 Å². The molecule has 1 aliphatic rings. The van der Waals surface area contributed by atoms with Crippen molar-refractivity contribution in [1.82, 2.24) is 10.4 Å². The molecule has 1 N–H and O–H groups in total. The summed E-state index contributed by atoms with van der Waals surface area (Å²) in [6.45, 7) is 6.61. The van der Waals surface area contributed by atoms with E-state index >= 15 is 0 Å². The van der Waals surface area contributed by atoms with Crippen molar-refractivity contribution in [3.63, 3.8) is 0 Å². The largest absolute Gasteiger partial charge is 0.238 e. The van der Waals surface area contributed by atoms with Gasteiger partial charge in [-0.2, -0.15) is 17.0 Å². The van der Waals surface area contributed by atoms with E-state index in [0.29, 0.717) is 12.1 Å². The molecule has 1 aliphatic heterocycles. The molecule has 0 bridgehead atoms. The zero-order valence-corrected chi connectivity index (χ0v) is 11.4. The second kappa shape index (κ2) is 7.16. The molecule has 0 aliphatic carbocycles. The molecule has 0 radical (unpaired) electrons. The van der Waals surface area contributed by atoms with Crippen LogP contribution in [-0.4, -0.2) is 34.6 Å². The number of hydrazine groups is 1. The fraction of sp³-hybridized carbons (Fsp3) is 0.917. The van der Waals surface area contributed by atoms with E-state index in [-0.39, 0.29) is 6.04 Å². The van der Waals surface area contributed by atoms with Crippen LogP contribution in [0.3, 0.4) is 0 Å². The van der Waals surface area contributed by atoms with Crippen LogP contribution in [0, 0.1) is 11.3 Å². The predicted octanol–water partition coefficient (Wildman–Crippen LogP) is 2.40. The average Bonchev–Trinajstić information content (AvgIpc) is 2.28. The molecule has 1 heterocycles. The summed E-state index contributed by atoms with van der Waals surface area (Å²) in [5.41, 5.74) is 3.39. The van der Waals surface area contributed by atoms with Crippen molar-refractivity contribution in [3.8, 4) is 6.07 Å². The van der Waals surface area contributed by atoms with Gasteiger partial charge in [0.2, 0.25) is 0 Å². The zero-order chi connectivity index (χ0) is 12.0. The maximum Gasteiger partial charge on any atom is 0.117 e. The van der Waals surface area contributed by atoms with Crippen LogP contribution in [-0.2, 0) is 0 Å². The quantitative estimate of drug-likeness (QED) is 0.802. The van der Waals surface area contributed by atoms with Crippen LogP contribution in [0.25, 0.3) is 0 Å². The van der Waals surface area contributed by atoms with Crippen molar-refractivity contribution in [3.05, 3.63) is 0 Å². The third-order valence-electron chi connectivity index (χ3n) is 3.14. The second-order valence-electron chi connectivity index (χ2n) is 4.51. The SMILES string of the molecule is CCSCC(C#N)NN1C(C)CCCC1C. The first-order valence-electron chi connectivity index (χ1n) is 6.20. The summed E-state index contributed by atoms with van der Waals surface area (Å²) in [5.74, 6) is 1.95. The highest BCUT2D eigenvalue weighted by Crippen LogP contribution is 2.20. The molecule has 92 valence electrons. The van der Waals surface area contributed by atoms with Gasteiger partial charge in [-0.05, 0) is 32.4 Å². The van der Waals surface area contributed by atoms with Gasteiger partial charge in [0.25, 0.3) is 0 Å². The summed E-state index contributed by atoms with van der Waals surface area (Å²) in [6.07, 6.45) is 3.77. The fourth-order valence-corrected chi connectivity index (χ4v) is 2.82. The van der Waals surface area contributed by atoms with E-state index in [1.165, 1.54) is 19.3 Å². The summed E-state index contributed by atoms with van der Waals surface area (Å²) in [4.78, 5) is 0. The van der Waals surface area contributed by atoms with Crippen molar-refractivity contribution < 1.29 is 0 Å². The van der Waals surface area contributed by atoms with Crippen molar-refractivity contribution in [2.24, 2.45) is 0 Å². The lowest BCUT2D eigenvalue weighted by molar-refractivity contribution is 0.0406. The molecule has 16 heavy (non-hydrogen) atoms. The number of nitriles is 1. The number of nitrogens with zero attached hydrogens (tertiary/aromatic N) is 2. The molecule has 3 nitrogen and oxygen atoms in total. The molecule has 0 aromatic carbocycles. The Morgan fingerprint density at radius 2 is 2.06 bits per heavy atom. The molecular weight excluding hydrogens is 218 g/mol. The molecule has 1 rings (SSSR count). The number of thioether (sulfide) groups is 1. The van der Waals surface area contributed by atoms with Gasteiger partial charge in [0.05, 0.1) is 6.07 Å². The van der Waals surface area contributed by atoms with Crippen LogP contribution in [0.1, 0.15) is 40.0 Å². The molecule has 1 fully saturated rings. The Hall–Kier alpha value is -0.240. The minimum Gasteiger partial charge on any atom is -0.238 e. The maximum absolute atomic E-state index is 9.10. The molecular formula is C12H23N3S. The second-order valence-corrected chi connectivity index (χ2v) is 5.83. The van der Waals surface area contributed by atoms with E-state index in [2.05, 4.69) is 37.3 Å². The third-order valence-corrected chi connectivity index (χ3v) is 4.12. The van der Waals surface area contributed by atoms with Crippen molar-refractivity contribution in [1.29, 1.82) is 5.26 Å². The van der Waals surface area contributed by atoms with Crippen molar-refractivity contribution in [2.45, 2.75) is 58.2 Å². The first-order chi connectivity index (χ1) is 7.69. The van der Waals surface area contributed by atoms with E-state index in [0.717, 1.165) is 11.5 Å². The van der Waals surface area contributed by atoms with E-state index in [4.69, 9.17) is 5.26 Å².